The molecular weight excluding hydrogens is 358 g/mol. The van der Waals surface area contributed by atoms with Crippen LogP contribution in [-0.2, 0) is 0 Å². The van der Waals surface area contributed by atoms with Crippen molar-refractivity contribution >= 4 is 11.6 Å². The Hall–Kier alpha value is -3.61. The van der Waals surface area contributed by atoms with Gasteiger partial charge in [0.15, 0.2) is 17.3 Å². The van der Waals surface area contributed by atoms with Crippen LogP contribution in [-0.4, -0.2) is 43.2 Å². The number of aromatic nitrogens is 2. The Morgan fingerprint density at radius 1 is 1.00 bits per heavy atom. The molecule has 0 radical (unpaired) electrons. The van der Waals surface area contributed by atoms with Crippen molar-refractivity contribution < 1.29 is 19.0 Å². The second-order valence-electron chi connectivity index (χ2n) is 6.09. The Balaban J connectivity index is 1.74. The van der Waals surface area contributed by atoms with Crippen molar-refractivity contribution in [2.45, 2.75) is 0 Å². The first-order valence-electron chi connectivity index (χ1n) is 8.81. The van der Waals surface area contributed by atoms with E-state index in [0.29, 0.717) is 41.6 Å². The van der Waals surface area contributed by atoms with Crippen LogP contribution in [0.2, 0.25) is 0 Å². The lowest BCUT2D eigenvalue weighted by Crippen LogP contribution is -2.32. The zero-order chi connectivity index (χ0) is 19.5. The molecule has 1 amide bonds. The summed E-state index contributed by atoms with van der Waals surface area (Å²) in [6.45, 7) is 0.760. The molecule has 7 heteroatoms. The number of amides is 1. The fourth-order valence-electron chi connectivity index (χ4n) is 3.15. The summed E-state index contributed by atoms with van der Waals surface area (Å²) in [4.78, 5) is 23.6. The minimum absolute atomic E-state index is 0.192. The Morgan fingerprint density at radius 2 is 1.82 bits per heavy atom. The van der Waals surface area contributed by atoms with Gasteiger partial charge >= 0.3 is 0 Å². The normalized spacial score (nSPS) is 13.4. The molecule has 0 N–H and O–H groups in total. The average molecular weight is 377 g/mol. The van der Waals surface area contributed by atoms with E-state index in [1.807, 2.05) is 42.5 Å². The lowest BCUT2D eigenvalue weighted by molar-refractivity contribution is 0.0989. The van der Waals surface area contributed by atoms with Gasteiger partial charge in [-0.3, -0.25) is 4.79 Å². The Labute approximate surface area is 162 Å². The molecule has 4 rings (SSSR count). The summed E-state index contributed by atoms with van der Waals surface area (Å²) in [5, 5.41) is 0. The van der Waals surface area contributed by atoms with Crippen molar-refractivity contribution in [2.75, 3.05) is 32.3 Å². The number of methoxy groups -OCH3 is 2. The fourth-order valence-corrected chi connectivity index (χ4v) is 3.15. The SMILES string of the molecule is COc1cccc(-c2ncc3c(n2)OCCN(c2ccccc2)C3=O)c1OC. The molecule has 0 saturated heterocycles. The molecule has 28 heavy (non-hydrogen) atoms. The fraction of sp³-hybridized carbons (Fsp3) is 0.190. The maximum Gasteiger partial charge on any atom is 0.265 e. The number of hydrogen-bond acceptors (Lipinski definition) is 6. The molecular formula is C21H19N3O4. The van der Waals surface area contributed by atoms with Gasteiger partial charge in [0.25, 0.3) is 5.91 Å². The van der Waals surface area contributed by atoms with Gasteiger partial charge in [-0.1, -0.05) is 24.3 Å². The summed E-state index contributed by atoms with van der Waals surface area (Å²) in [7, 11) is 3.13. The van der Waals surface area contributed by atoms with Crippen molar-refractivity contribution in [1.82, 2.24) is 9.97 Å². The van der Waals surface area contributed by atoms with Gasteiger partial charge in [-0.05, 0) is 24.3 Å². The number of nitrogens with zero attached hydrogens (tertiary/aromatic N) is 3. The van der Waals surface area contributed by atoms with Crippen molar-refractivity contribution in [2.24, 2.45) is 0 Å². The average Bonchev–Trinajstić information content (AvgIpc) is 2.92. The van der Waals surface area contributed by atoms with Crippen LogP contribution in [0, 0.1) is 0 Å². The molecule has 1 aliphatic heterocycles. The van der Waals surface area contributed by atoms with Gasteiger partial charge in [-0.15, -0.1) is 0 Å². The molecule has 2 heterocycles. The van der Waals surface area contributed by atoms with Gasteiger partial charge < -0.3 is 19.1 Å². The zero-order valence-electron chi connectivity index (χ0n) is 15.6. The quantitative estimate of drug-likeness (QED) is 0.695. The largest absolute Gasteiger partial charge is 0.493 e. The number of ether oxygens (including phenoxy) is 3. The van der Waals surface area contributed by atoms with E-state index in [4.69, 9.17) is 14.2 Å². The lowest BCUT2D eigenvalue weighted by Gasteiger charge is -2.19. The van der Waals surface area contributed by atoms with Crippen LogP contribution in [0.15, 0.2) is 54.7 Å². The number of benzene rings is 2. The van der Waals surface area contributed by atoms with E-state index in [1.54, 1.807) is 25.2 Å². The van der Waals surface area contributed by atoms with Crippen molar-refractivity contribution in [1.29, 1.82) is 0 Å². The second-order valence-corrected chi connectivity index (χ2v) is 6.09. The van der Waals surface area contributed by atoms with E-state index in [2.05, 4.69) is 9.97 Å². The number of rotatable bonds is 4. The molecule has 0 aliphatic carbocycles. The first-order chi connectivity index (χ1) is 13.7. The molecule has 3 aromatic rings. The van der Waals surface area contributed by atoms with Crippen molar-refractivity contribution in [3.8, 4) is 28.8 Å². The minimum Gasteiger partial charge on any atom is -0.493 e. The Morgan fingerprint density at radius 3 is 2.57 bits per heavy atom. The number of hydrogen-bond donors (Lipinski definition) is 0. The monoisotopic (exact) mass is 377 g/mol. The van der Waals surface area contributed by atoms with Crippen LogP contribution >= 0.6 is 0 Å². The van der Waals surface area contributed by atoms with Gasteiger partial charge in [0, 0.05) is 11.9 Å². The maximum absolute atomic E-state index is 13.0. The van der Waals surface area contributed by atoms with E-state index in [-0.39, 0.29) is 11.8 Å². The predicted molar refractivity (Wildman–Crippen MR) is 104 cm³/mol. The van der Waals surface area contributed by atoms with Crippen LogP contribution in [0.4, 0.5) is 5.69 Å². The highest BCUT2D eigenvalue weighted by atomic mass is 16.5. The molecule has 142 valence electrons. The summed E-state index contributed by atoms with van der Waals surface area (Å²) in [5.74, 6) is 1.57. The van der Waals surface area contributed by atoms with Crippen LogP contribution in [0.25, 0.3) is 11.4 Å². The second kappa shape index (κ2) is 7.56. The van der Waals surface area contributed by atoms with E-state index in [0.717, 1.165) is 5.69 Å². The Kier molecular flexibility index (Phi) is 4.80. The number of fused-ring (bicyclic) bond motifs is 1. The molecule has 7 nitrogen and oxygen atoms in total. The van der Waals surface area contributed by atoms with Gasteiger partial charge in [-0.2, -0.15) is 4.98 Å². The van der Waals surface area contributed by atoms with E-state index >= 15 is 0 Å². The third-order valence-electron chi connectivity index (χ3n) is 4.49. The zero-order valence-corrected chi connectivity index (χ0v) is 15.6. The van der Waals surface area contributed by atoms with E-state index in [9.17, 15) is 4.79 Å². The molecule has 2 aromatic carbocycles. The molecule has 0 spiro atoms. The summed E-state index contributed by atoms with van der Waals surface area (Å²) >= 11 is 0. The molecule has 0 bridgehead atoms. The van der Waals surface area contributed by atoms with Crippen molar-refractivity contribution in [3.05, 3.63) is 60.3 Å². The van der Waals surface area contributed by atoms with Gasteiger partial charge in [0.05, 0.1) is 26.3 Å². The molecule has 0 fully saturated rings. The highest BCUT2D eigenvalue weighted by molar-refractivity contribution is 6.07. The van der Waals surface area contributed by atoms with Crippen LogP contribution in [0.1, 0.15) is 10.4 Å². The first-order valence-corrected chi connectivity index (χ1v) is 8.81. The third kappa shape index (κ3) is 3.11. The topological polar surface area (TPSA) is 73.8 Å². The highest BCUT2D eigenvalue weighted by Gasteiger charge is 2.27. The van der Waals surface area contributed by atoms with Crippen LogP contribution in [0.5, 0.6) is 17.4 Å². The van der Waals surface area contributed by atoms with Crippen LogP contribution in [0.3, 0.4) is 0 Å². The molecule has 0 saturated carbocycles. The number of carbonyl (C=O) groups is 1. The van der Waals surface area contributed by atoms with Gasteiger partial charge in [-0.25, -0.2) is 4.98 Å². The summed E-state index contributed by atoms with van der Waals surface area (Å²) < 4.78 is 16.6. The Bertz CT molecular complexity index is 1010. The van der Waals surface area contributed by atoms with Gasteiger partial charge in [0.2, 0.25) is 5.88 Å². The number of anilines is 1. The summed E-state index contributed by atoms with van der Waals surface area (Å²) in [6.07, 6.45) is 1.50. The standard InChI is InChI=1S/C21H19N3O4/c1-26-17-10-6-9-15(18(17)27-2)19-22-13-16-20(23-19)28-12-11-24(21(16)25)14-7-4-3-5-8-14/h3-10,13H,11-12H2,1-2H3. The minimum atomic E-state index is -0.192. The third-order valence-corrected chi connectivity index (χ3v) is 4.49. The predicted octanol–water partition coefficient (Wildman–Crippen LogP) is 3.20. The number of para-hydroxylation sites is 2. The van der Waals surface area contributed by atoms with E-state index < -0.39 is 0 Å². The first kappa shape index (κ1) is 17.8. The number of carbonyl (C=O) groups excluding carboxylic acids is 1. The molecule has 1 aromatic heterocycles. The van der Waals surface area contributed by atoms with Gasteiger partial charge in [0.1, 0.15) is 12.2 Å². The van der Waals surface area contributed by atoms with Crippen LogP contribution < -0.4 is 19.1 Å². The lowest BCUT2D eigenvalue weighted by atomic mass is 10.1. The summed E-state index contributed by atoms with van der Waals surface area (Å²) in [5.41, 5.74) is 1.79. The molecule has 1 aliphatic rings. The molecule has 0 atom stereocenters. The smallest absolute Gasteiger partial charge is 0.265 e. The molecule has 0 unspecified atom stereocenters. The highest BCUT2D eigenvalue weighted by Crippen LogP contribution is 2.37. The van der Waals surface area contributed by atoms with E-state index in [1.165, 1.54) is 6.20 Å². The maximum atomic E-state index is 13.0. The summed E-state index contributed by atoms with van der Waals surface area (Å²) in [6, 6.07) is 14.9. The van der Waals surface area contributed by atoms with Crippen molar-refractivity contribution in [3.63, 3.8) is 0 Å².